The first-order valence-electron chi connectivity index (χ1n) is 2.21. The molecule has 0 fully saturated rings. The molecular weight excluding hydrogens is 181 g/mol. The average Bonchev–Trinajstić information content (AvgIpc) is 2.14. The maximum Gasteiger partial charge on any atom is 0.326 e. The van der Waals surface area contributed by atoms with Crippen molar-refractivity contribution < 1.29 is 4.79 Å². The molecule has 0 saturated carbocycles. The molecule has 0 unspecified atom stereocenters. The molecule has 1 aliphatic rings. The lowest BCUT2D eigenvalue weighted by Crippen LogP contribution is -2.13. The summed E-state index contributed by atoms with van der Waals surface area (Å²) < 4.78 is 1.97. The van der Waals surface area contributed by atoms with Crippen LogP contribution in [0.4, 0.5) is 4.79 Å². The van der Waals surface area contributed by atoms with Gasteiger partial charge in [0.05, 0.1) is 10.9 Å². The van der Waals surface area contributed by atoms with Crippen LogP contribution in [-0.4, -0.2) is 16.2 Å². The molecule has 5 heteroatoms. The van der Waals surface area contributed by atoms with Crippen LogP contribution in [0.15, 0.2) is 10.4 Å². The van der Waals surface area contributed by atoms with Gasteiger partial charge in [-0.15, -0.1) is 0 Å². The molecule has 0 radical (unpaired) electrons. The van der Waals surface area contributed by atoms with Crippen molar-refractivity contribution >= 4 is 40.5 Å². The first-order chi connectivity index (χ1) is 4.20. The zero-order valence-electron chi connectivity index (χ0n) is 4.30. The highest BCUT2D eigenvalue weighted by Gasteiger charge is 2.17. The van der Waals surface area contributed by atoms with Gasteiger partial charge in [-0.1, -0.05) is 11.6 Å². The molecule has 0 aromatic carbocycles. The van der Waals surface area contributed by atoms with Crippen LogP contribution in [0.5, 0.6) is 0 Å². The second-order valence-electron chi connectivity index (χ2n) is 1.41. The summed E-state index contributed by atoms with van der Waals surface area (Å²) >= 11 is 11.8. The van der Waals surface area contributed by atoms with Crippen LogP contribution in [-0.2, 0) is 0 Å². The Hall–Kier alpha value is 0.140. The van der Waals surface area contributed by atoms with Gasteiger partial charge in [0.2, 0.25) is 0 Å². The summed E-state index contributed by atoms with van der Waals surface area (Å²) in [6, 6.07) is 0. The van der Waals surface area contributed by atoms with E-state index in [4.69, 9.17) is 23.2 Å². The van der Waals surface area contributed by atoms with E-state index >= 15 is 0 Å². The number of hydrogen-bond acceptors (Lipinski definition) is 2. The van der Waals surface area contributed by atoms with E-state index < -0.39 is 5.37 Å². The van der Waals surface area contributed by atoms with Crippen molar-refractivity contribution in [3.05, 3.63) is 10.4 Å². The van der Waals surface area contributed by atoms with E-state index in [0.29, 0.717) is 10.9 Å². The van der Waals surface area contributed by atoms with Gasteiger partial charge in [-0.2, -0.15) is 0 Å². The zero-order chi connectivity index (χ0) is 6.85. The Morgan fingerprint density at radius 1 is 1.89 bits per heavy atom. The molecule has 0 saturated heterocycles. The number of hydrogen-bond donors (Lipinski definition) is 0. The lowest BCUT2D eigenvalue weighted by Gasteiger charge is -2.06. The standard InChI is InChI=1S/C4H3Cl2NOS/c5-3-1-2-7(9-3)4(6)8/h1H,2H2. The van der Waals surface area contributed by atoms with Crippen molar-refractivity contribution in [2.24, 2.45) is 0 Å². The molecule has 0 aromatic heterocycles. The van der Waals surface area contributed by atoms with E-state index in [0.717, 1.165) is 11.9 Å². The van der Waals surface area contributed by atoms with Crippen LogP contribution in [0, 0.1) is 0 Å². The Kier molecular flexibility index (Phi) is 2.27. The van der Waals surface area contributed by atoms with Crippen molar-refractivity contribution in [2.45, 2.75) is 0 Å². The Bertz CT molecular complexity index is 170. The third-order valence-corrected chi connectivity index (χ3v) is 2.35. The van der Waals surface area contributed by atoms with Gasteiger partial charge >= 0.3 is 5.37 Å². The third kappa shape index (κ3) is 1.78. The Morgan fingerprint density at radius 3 is 2.78 bits per heavy atom. The highest BCUT2D eigenvalue weighted by atomic mass is 35.5. The first kappa shape index (κ1) is 7.25. The predicted molar refractivity (Wildman–Crippen MR) is 39.5 cm³/mol. The summed E-state index contributed by atoms with van der Waals surface area (Å²) in [5.41, 5.74) is 0. The van der Waals surface area contributed by atoms with Crippen LogP contribution in [0.2, 0.25) is 0 Å². The van der Waals surface area contributed by atoms with Crippen molar-refractivity contribution in [1.29, 1.82) is 0 Å². The molecule has 0 aliphatic carbocycles. The number of halogens is 2. The van der Waals surface area contributed by atoms with Gasteiger partial charge in [0, 0.05) is 11.9 Å². The number of carbonyl (C=O) groups is 1. The van der Waals surface area contributed by atoms with E-state index in [2.05, 4.69) is 0 Å². The Labute approximate surface area is 66.9 Å². The van der Waals surface area contributed by atoms with E-state index in [9.17, 15) is 4.79 Å². The van der Waals surface area contributed by atoms with Crippen molar-refractivity contribution in [2.75, 3.05) is 6.54 Å². The molecule has 1 amide bonds. The lowest BCUT2D eigenvalue weighted by atomic mass is 10.6. The van der Waals surface area contributed by atoms with Crippen LogP contribution >= 0.6 is 35.1 Å². The number of nitrogens with zero attached hydrogens (tertiary/aromatic N) is 1. The molecule has 1 rings (SSSR count). The Balaban J connectivity index is 2.47. The fraction of sp³-hybridized carbons (Fsp3) is 0.250. The van der Waals surface area contributed by atoms with Crippen LogP contribution in [0.3, 0.4) is 0 Å². The summed E-state index contributed by atoms with van der Waals surface area (Å²) in [7, 11) is 0. The summed E-state index contributed by atoms with van der Waals surface area (Å²) in [5, 5.41) is -0.480. The van der Waals surface area contributed by atoms with Gasteiger partial charge in [-0.25, -0.2) is 0 Å². The molecule has 1 aliphatic heterocycles. The third-order valence-electron chi connectivity index (χ3n) is 0.811. The minimum atomic E-state index is -0.480. The van der Waals surface area contributed by atoms with Gasteiger partial charge < -0.3 is 0 Å². The lowest BCUT2D eigenvalue weighted by molar-refractivity contribution is 0.250. The quantitative estimate of drug-likeness (QED) is 0.327. The maximum absolute atomic E-state index is 10.4. The van der Waals surface area contributed by atoms with Crippen LogP contribution < -0.4 is 0 Å². The molecule has 0 aromatic rings. The van der Waals surface area contributed by atoms with Crippen LogP contribution in [0.1, 0.15) is 0 Å². The molecule has 0 bridgehead atoms. The van der Waals surface area contributed by atoms with E-state index in [1.165, 1.54) is 4.31 Å². The number of carbonyl (C=O) groups excluding carboxylic acids is 1. The van der Waals surface area contributed by atoms with Gasteiger partial charge in [0.1, 0.15) is 0 Å². The molecule has 9 heavy (non-hydrogen) atoms. The molecule has 2 nitrogen and oxygen atoms in total. The summed E-state index contributed by atoms with van der Waals surface area (Å²) in [6.07, 6.45) is 1.73. The predicted octanol–water partition coefficient (Wildman–Crippen LogP) is 2.39. The van der Waals surface area contributed by atoms with Gasteiger partial charge in [0.15, 0.2) is 0 Å². The smallest absolute Gasteiger partial charge is 0.264 e. The first-order valence-corrected chi connectivity index (χ1v) is 3.73. The highest BCUT2D eigenvalue weighted by Crippen LogP contribution is 2.30. The SMILES string of the molecule is O=C(Cl)N1CC=C(Cl)S1. The van der Waals surface area contributed by atoms with Gasteiger partial charge in [-0.3, -0.25) is 9.10 Å². The fourth-order valence-electron chi connectivity index (χ4n) is 0.442. The molecule has 0 N–H and O–H groups in total. The summed E-state index contributed by atoms with van der Waals surface area (Å²) in [5.74, 6) is 0. The normalized spacial score (nSPS) is 18.0. The number of amides is 1. The monoisotopic (exact) mass is 183 g/mol. The maximum atomic E-state index is 10.4. The highest BCUT2D eigenvalue weighted by molar-refractivity contribution is 8.03. The topological polar surface area (TPSA) is 20.3 Å². The minimum absolute atomic E-state index is 0.480. The molecule has 0 atom stereocenters. The summed E-state index contributed by atoms with van der Waals surface area (Å²) in [6.45, 7) is 0.506. The average molecular weight is 184 g/mol. The molecule has 50 valence electrons. The van der Waals surface area contributed by atoms with Gasteiger partial charge in [-0.05, 0) is 17.7 Å². The second kappa shape index (κ2) is 2.82. The van der Waals surface area contributed by atoms with E-state index in [-0.39, 0.29) is 0 Å². The van der Waals surface area contributed by atoms with E-state index in [1.807, 2.05) is 0 Å². The van der Waals surface area contributed by atoms with E-state index in [1.54, 1.807) is 6.08 Å². The van der Waals surface area contributed by atoms with Gasteiger partial charge in [0.25, 0.3) is 0 Å². The molecule has 0 spiro atoms. The van der Waals surface area contributed by atoms with Crippen molar-refractivity contribution in [1.82, 2.24) is 4.31 Å². The molecule has 1 heterocycles. The largest absolute Gasteiger partial charge is 0.326 e. The Morgan fingerprint density at radius 2 is 2.56 bits per heavy atom. The van der Waals surface area contributed by atoms with Crippen molar-refractivity contribution in [3.63, 3.8) is 0 Å². The van der Waals surface area contributed by atoms with Crippen molar-refractivity contribution in [3.8, 4) is 0 Å². The number of rotatable bonds is 0. The van der Waals surface area contributed by atoms with Crippen LogP contribution in [0.25, 0.3) is 0 Å². The summed E-state index contributed by atoms with van der Waals surface area (Å²) in [4.78, 5) is 10.4. The second-order valence-corrected chi connectivity index (χ2v) is 3.43. The minimum Gasteiger partial charge on any atom is -0.264 e. The molecular formula is C4H3Cl2NOS. The zero-order valence-corrected chi connectivity index (χ0v) is 6.63. The fourth-order valence-corrected chi connectivity index (χ4v) is 1.51.